The van der Waals surface area contributed by atoms with E-state index < -0.39 is 0 Å². The Morgan fingerprint density at radius 3 is 2.97 bits per heavy atom. The van der Waals surface area contributed by atoms with Crippen LogP contribution in [-0.4, -0.2) is 50.1 Å². The molecule has 0 bridgehead atoms. The molecule has 3 heterocycles. The van der Waals surface area contributed by atoms with Gasteiger partial charge in [-0.15, -0.1) is 12.4 Å². The van der Waals surface area contributed by atoms with Gasteiger partial charge in [0.05, 0.1) is 0 Å². The van der Waals surface area contributed by atoms with Crippen molar-refractivity contribution in [3.63, 3.8) is 0 Å². The second kappa shape index (κ2) is 9.36. The minimum absolute atomic E-state index is 0. The fourth-order valence-electron chi connectivity index (χ4n) is 3.49. The second-order valence-corrected chi connectivity index (χ2v) is 7.18. The van der Waals surface area contributed by atoms with Crippen LogP contribution < -0.4 is 5.32 Å². The third-order valence-electron chi connectivity index (χ3n) is 5.17. The number of aromatic nitrogens is 4. The first-order valence-electron chi connectivity index (χ1n) is 9.59. The number of aryl methyl sites for hydroxylation is 3. The largest absolute Gasteiger partial charge is 0.339 e. The van der Waals surface area contributed by atoms with E-state index in [4.69, 9.17) is 4.52 Å². The van der Waals surface area contributed by atoms with E-state index in [0.29, 0.717) is 42.4 Å². The van der Waals surface area contributed by atoms with Gasteiger partial charge in [0.1, 0.15) is 17.7 Å². The number of imidazole rings is 1. The standard InChI is InChI=1S/C20H23FN6O2.ClH/c1-13-3-4-14(11-15(13)21)19-24-17(29-25-19)5-6-18(28)27-10-7-22-12-16(27)20-23-8-9-26(20)2;/h3-4,8-9,11,16,22H,5-7,10,12H2,1-2H3;1H. The zero-order valence-electron chi connectivity index (χ0n) is 16.8. The van der Waals surface area contributed by atoms with Gasteiger partial charge < -0.3 is 19.3 Å². The Morgan fingerprint density at radius 1 is 1.40 bits per heavy atom. The Kier molecular flexibility index (Phi) is 6.84. The summed E-state index contributed by atoms with van der Waals surface area (Å²) in [6.45, 7) is 3.73. The monoisotopic (exact) mass is 434 g/mol. The van der Waals surface area contributed by atoms with Crippen LogP contribution in [0.5, 0.6) is 0 Å². The number of benzene rings is 1. The third kappa shape index (κ3) is 4.52. The van der Waals surface area contributed by atoms with E-state index in [2.05, 4.69) is 20.4 Å². The molecule has 3 aromatic rings. The molecule has 1 amide bonds. The average Bonchev–Trinajstić information content (AvgIpc) is 3.37. The van der Waals surface area contributed by atoms with Gasteiger partial charge in [-0.2, -0.15) is 4.98 Å². The molecule has 1 unspecified atom stereocenters. The molecule has 30 heavy (non-hydrogen) atoms. The van der Waals surface area contributed by atoms with Crippen molar-refractivity contribution in [1.82, 2.24) is 29.9 Å². The number of piperazine rings is 1. The lowest BCUT2D eigenvalue weighted by Gasteiger charge is -2.35. The molecule has 1 atom stereocenters. The molecule has 1 aromatic carbocycles. The number of carbonyl (C=O) groups is 1. The summed E-state index contributed by atoms with van der Waals surface area (Å²) < 4.78 is 21.0. The highest BCUT2D eigenvalue weighted by molar-refractivity contribution is 5.85. The van der Waals surface area contributed by atoms with Gasteiger partial charge in [0, 0.05) is 57.5 Å². The van der Waals surface area contributed by atoms with Crippen LogP contribution in [0.25, 0.3) is 11.4 Å². The smallest absolute Gasteiger partial charge is 0.227 e. The number of halogens is 2. The van der Waals surface area contributed by atoms with Crippen LogP contribution in [0.15, 0.2) is 35.1 Å². The van der Waals surface area contributed by atoms with E-state index in [0.717, 1.165) is 12.4 Å². The van der Waals surface area contributed by atoms with Crippen LogP contribution in [0.3, 0.4) is 0 Å². The highest BCUT2D eigenvalue weighted by atomic mass is 35.5. The Morgan fingerprint density at radius 2 is 2.23 bits per heavy atom. The predicted molar refractivity (Wildman–Crippen MR) is 111 cm³/mol. The molecule has 0 saturated carbocycles. The van der Waals surface area contributed by atoms with Gasteiger partial charge in [-0.25, -0.2) is 9.37 Å². The molecule has 1 aliphatic rings. The quantitative estimate of drug-likeness (QED) is 0.663. The van der Waals surface area contributed by atoms with Gasteiger partial charge in [0.25, 0.3) is 0 Å². The maximum Gasteiger partial charge on any atom is 0.227 e. The maximum absolute atomic E-state index is 13.8. The van der Waals surface area contributed by atoms with Crippen LogP contribution in [-0.2, 0) is 18.3 Å². The van der Waals surface area contributed by atoms with E-state index >= 15 is 0 Å². The second-order valence-electron chi connectivity index (χ2n) is 7.18. The van der Waals surface area contributed by atoms with Crippen molar-refractivity contribution in [2.45, 2.75) is 25.8 Å². The number of nitrogens with zero attached hydrogens (tertiary/aromatic N) is 5. The first kappa shape index (κ1) is 21.9. The van der Waals surface area contributed by atoms with Crippen LogP contribution in [0.2, 0.25) is 0 Å². The van der Waals surface area contributed by atoms with Gasteiger partial charge in [-0.05, 0) is 18.6 Å². The summed E-state index contributed by atoms with van der Waals surface area (Å²) in [7, 11) is 1.92. The molecule has 4 rings (SSSR count). The Labute approximate surface area is 179 Å². The summed E-state index contributed by atoms with van der Waals surface area (Å²) in [5.41, 5.74) is 1.10. The minimum Gasteiger partial charge on any atom is -0.339 e. The topological polar surface area (TPSA) is 89.1 Å². The van der Waals surface area contributed by atoms with Crippen LogP contribution >= 0.6 is 12.4 Å². The molecule has 1 fully saturated rings. The first-order valence-corrected chi connectivity index (χ1v) is 9.59. The molecule has 1 aliphatic heterocycles. The number of carbonyl (C=O) groups excluding carboxylic acids is 1. The number of rotatable bonds is 5. The highest BCUT2D eigenvalue weighted by Gasteiger charge is 2.30. The van der Waals surface area contributed by atoms with Crippen molar-refractivity contribution in [2.24, 2.45) is 7.05 Å². The van der Waals surface area contributed by atoms with Gasteiger partial charge in [-0.1, -0.05) is 17.3 Å². The van der Waals surface area contributed by atoms with Gasteiger partial charge in [0.15, 0.2) is 0 Å². The normalized spacial score (nSPS) is 16.4. The molecular weight excluding hydrogens is 411 g/mol. The molecule has 10 heteroatoms. The van der Waals surface area contributed by atoms with E-state index in [1.807, 2.05) is 22.7 Å². The lowest BCUT2D eigenvalue weighted by atomic mass is 10.1. The van der Waals surface area contributed by atoms with Gasteiger partial charge >= 0.3 is 0 Å². The SMILES string of the molecule is Cc1ccc(-c2noc(CCC(=O)N3CCNCC3c3nccn3C)n2)cc1F.Cl. The summed E-state index contributed by atoms with van der Waals surface area (Å²) in [6, 6.07) is 4.70. The zero-order valence-corrected chi connectivity index (χ0v) is 17.7. The number of amides is 1. The molecule has 2 aromatic heterocycles. The third-order valence-corrected chi connectivity index (χ3v) is 5.17. The highest BCUT2D eigenvalue weighted by Crippen LogP contribution is 2.23. The summed E-state index contributed by atoms with van der Waals surface area (Å²) in [6.07, 6.45) is 4.20. The number of hydrogen-bond acceptors (Lipinski definition) is 6. The van der Waals surface area contributed by atoms with Crippen molar-refractivity contribution in [3.05, 3.63) is 53.7 Å². The minimum atomic E-state index is -0.317. The molecule has 1 saturated heterocycles. The lowest BCUT2D eigenvalue weighted by Crippen LogP contribution is -2.49. The summed E-state index contributed by atoms with van der Waals surface area (Å²) in [5.74, 6) is 1.23. The molecular formula is C20H24ClFN6O2. The fraction of sp³-hybridized carbons (Fsp3) is 0.400. The zero-order chi connectivity index (χ0) is 20.4. The summed E-state index contributed by atoms with van der Waals surface area (Å²) >= 11 is 0. The van der Waals surface area contributed by atoms with Crippen molar-refractivity contribution >= 4 is 18.3 Å². The van der Waals surface area contributed by atoms with Crippen LogP contribution in [0, 0.1) is 12.7 Å². The Bertz CT molecular complexity index is 1020. The van der Waals surface area contributed by atoms with Crippen molar-refractivity contribution in [2.75, 3.05) is 19.6 Å². The van der Waals surface area contributed by atoms with Crippen molar-refractivity contribution in [3.8, 4) is 11.4 Å². The lowest BCUT2D eigenvalue weighted by molar-refractivity contribution is -0.134. The van der Waals surface area contributed by atoms with Crippen molar-refractivity contribution in [1.29, 1.82) is 0 Å². The Hall–Kier alpha value is -2.78. The van der Waals surface area contributed by atoms with Crippen LogP contribution in [0.1, 0.15) is 29.7 Å². The predicted octanol–water partition coefficient (Wildman–Crippen LogP) is 2.45. The Balaban J connectivity index is 0.00000256. The fourth-order valence-corrected chi connectivity index (χ4v) is 3.49. The summed E-state index contributed by atoms with van der Waals surface area (Å²) in [5, 5.41) is 7.23. The molecule has 0 radical (unpaired) electrons. The maximum atomic E-state index is 13.8. The molecule has 1 N–H and O–H groups in total. The number of nitrogens with one attached hydrogen (secondary N) is 1. The van der Waals surface area contributed by atoms with E-state index in [1.54, 1.807) is 25.3 Å². The van der Waals surface area contributed by atoms with Crippen molar-refractivity contribution < 1.29 is 13.7 Å². The molecule has 8 nitrogen and oxygen atoms in total. The van der Waals surface area contributed by atoms with E-state index in [-0.39, 0.29) is 36.6 Å². The molecule has 0 spiro atoms. The first-order chi connectivity index (χ1) is 14.0. The van der Waals surface area contributed by atoms with Gasteiger partial charge in [-0.3, -0.25) is 4.79 Å². The van der Waals surface area contributed by atoms with E-state index in [9.17, 15) is 9.18 Å². The molecule has 0 aliphatic carbocycles. The number of hydrogen-bond donors (Lipinski definition) is 1. The average molecular weight is 435 g/mol. The molecule has 160 valence electrons. The van der Waals surface area contributed by atoms with Crippen LogP contribution in [0.4, 0.5) is 4.39 Å². The van der Waals surface area contributed by atoms with E-state index in [1.165, 1.54) is 6.07 Å². The van der Waals surface area contributed by atoms with Gasteiger partial charge in [0.2, 0.25) is 17.6 Å². The summed E-state index contributed by atoms with van der Waals surface area (Å²) in [4.78, 5) is 23.4.